The van der Waals surface area contributed by atoms with E-state index in [4.69, 9.17) is 4.74 Å². The quantitative estimate of drug-likeness (QED) is 0.638. The molecule has 8 nitrogen and oxygen atoms in total. The fraction of sp³-hybridized carbons (Fsp3) is 0.200. The van der Waals surface area contributed by atoms with Crippen LogP contribution in [0.4, 0.5) is 10.8 Å². The third-order valence-corrected chi connectivity index (χ3v) is 4.95. The number of aromatic amines is 1. The second-order valence-electron chi connectivity index (χ2n) is 5.00. The molecule has 3 rings (SSSR count). The summed E-state index contributed by atoms with van der Waals surface area (Å²) < 4.78 is 5.68. The molecule has 1 aromatic carbocycles. The Morgan fingerprint density at radius 1 is 1.36 bits per heavy atom. The highest BCUT2D eigenvalue weighted by Gasteiger charge is 2.13. The lowest BCUT2D eigenvalue weighted by Crippen LogP contribution is -2.13. The first-order chi connectivity index (χ1) is 12.2. The largest absolute Gasteiger partial charge is 0.493 e. The molecule has 1 amide bonds. The average molecular weight is 376 g/mol. The maximum absolute atomic E-state index is 12.3. The maximum atomic E-state index is 12.3. The molecule has 10 heteroatoms. The van der Waals surface area contributed by atoms with E-state index in [0.29, 0.717) is 23.9 Å². The van der Waals surface area contributed by atoms with Gasteiger partial charge >= 0.3 is 0 Å². The molecule has 0 unspecified atom stereocenters. The molecule has 0 aliphatic carbocycles. The Hall–Kier alpha value is -2.72. The first-order valence-corrected chi connectivity index (χ1v) is 9.05. The third kappa shape index (κ3) is 4.43. The van der Waals surface area contributed by atoms with Gasteiger partial charge in [-0.3, -0.25) is 10.1 Å². The van der Waals surface area contributed by atoms with Crippen molar-refractivity contribution in [3.05, 3.63) is 50.3 Å². The molecule has 0 spiro atoms. The van der Waals surface area contributed by atoms with Crippen LogP contribution >= 0.6 is 22.7 Å². The van der Waals surface area contributed by atoms with Crippen molar-refractivity contribution in [1.82, 2.24) is 10.1 Å². The van der Waals surface area contributed by atoms with Gasteiger partial charge < -0.3 is 4.74 Å². The van der Waals surface area contributed by atoms with Gasteiger partial charge in [-0.1, -0.05) is 5.10 Å². The molecule has 128 valence electrons. The van der Waals surface area contributed by atoms with Gasteiger partial charge in [0.15, 0.2) is 0 Å². The number of hydrogen-bond acceptors (Lipinski definition) is 8. The second-order valence-corrected chi connectivity index (χ2v) is 6.80. The van der Waals surface area contributed by atoms with Crippen LogP contribution in [0.1, 0.15) is 20.9 Å². The summed E-state index contributed by atoms with van der Waals surface area (Å²) in [5.41, 5.74) is 4.81. The minimum Gasteiger partial charge on any atom is -0.493 e. The predicted octanol–water partition coefficient (Wildman–Crippen LogP) is 2.99. The monoisotopic (exact) mass is 376 g/mol. The van der Waals surface area contributed by atoms with Crippen molar-refractivity contribution in [2.24, 2.45) is 5.18 Å². The summed E-state index contributed by atoms with van der Waals surface area (Å²) in [5.74, 6) is 0.0205. The Morgan fingerprint density at radius 3 is 2.92 bits per heavy atom. The van der Waals surface area contributed by atoms with Crippen LogP contribution in [0, 0.1) is 11.8 Å². The van der Waals surface area contributed by atoms with E-state index in [1.165, 1.54) is 23.5 Å². The van der Waals surface area contributed by atoms with E-state index in [0.717, 1.165) is 10.6 Å². The molecule has 25 heavy (non-hydrogen) atoms. The van der Waals surface area contributed by atoms with E-state index in [1.54, 1.807) is 28.4 Å². The molecule has 0 fully saturated rings. The van der Waals surface area contributed by atoms with Crippen LogP contribution in [-0.2, 0) is 6.42 Å². The number of carbonyl (C=O) groups is 1. The number of aromatic nitrogens is 3. The first-order valence-electron chi connectivity index (χ1n) is 7.29. The third-order valence-electron chi connectivity index (χ3n) is 3.31. The molecule has 0 radical (unpaired) electrons. The summed E-state index contributed by atoms with van der Waals surface area (Å²) in [5, 5.41) is 12.5. The lowest BCUT2D eigenvalue weighted by Gasteiger charge is -2.08. The van der Waals surface area contributed by atoms with E-state index in [9.17, 15) is 9.70 Å². The Kier molecular flexibility index (Phi) is 5.41. The lowest BCUT2D eigenvalue weighted by atomic mass is 10.1. The van der Waals surface area contributed by atoms with Crippen LogP contribution in [0.2, 0.25) is 0 Å². The number of rotatable bonds is 7. The summed E-state index contributed by atoms with van der Waals surface area (Å²) in [7, 11) is 0. The lowest BCUT2D eigenvalue weighted by molar-refractivity contribution is -0.446. The maximum Gasteiger partial charge on any atom is 0.261 e. The minimum atomic E-state index is -0.392. The number of anilines is 1. The number of benzene rings is 1. The van der Waals surface area contributed by atoms with Crippen molar-refractivity contribution < 1.29 is 14.6 Å². The highest BCUT2D eigenvalue weighted by molar-refractivity contribution is 7.13. The van der Waals surface area contributed by atoms with Crippen LogP contribution in [0.3, 0.4) is 0 Å². The number of amides is 1. The van der Waals surface area contributed by atoms with E-state index in [1.807, 2.05) is 6.92 Å². The summed E-state index contributed by atoms with van der Waals surface area (Å²) in [4.78, 5) is 28.5. The fourth-order valence-corrected chi connectivity index (χ4v) is 3.33. The Labute approximate surface area is 150 Å². The zero-order chi connectivity index (χ0) is 17.6. The molecular weight excluding hydrogens is 362 g/mol. The van der Waals surface area contributed by atoms with Crippen molar-refractivity contribution >= 4 is 39.4 Å². The van der Waals surface area contributed by atoms with Crippen molar-refractivity contribution in [3.63, 3.8) is 0 Å². The number of hydrogen-bond donors (Lipinski definition) is 1. The average Bonchev–Trinajstić information content (AvgIpc) is 3.26. The molecule has 2 aromatic heterocycles. The Morgan fingerprint density at radius 2 is 2.24 bits per heavy atom. The molecule has 0 saturated carbocycles. The van der Waals surface area contributed by atoms with Gasteiger partial charge in [-0.05, 0) is 35.6 Å². The number of nitrogens with one attached hydrogen (secondary N) is 2. The van der Waals surface area contributed by atoms with Crippen LogP contribution in [0.25, 0.3) is 0 Å². The summed E-state index contributed by atoms with van der Waals surface area (Å²) >= 11 is 2.82. The predicted molar refractivity (Wildman–Crippen MR) is 94.6 cm³/mol. The van der Waals surface area contributed by atoms with Gasteiger partial charge in [0.25, 0.3) is 16.5 Å². The normalized spacial score (nSPS) is 10.4. The van der Waals surface area contributed by atoms with Gasteiger partial charge in [-0.15, -0.1) is 16.2 Å². The highest BCUT2D eigenvalue weighted by atomic mass is 32.1. The van der Waals surface area contributed by atoms with E-state index in [-0.39, 0.29) is 11.3 Å². The molecule has 0 atom stereocenters. The number of ether oxygens (including phenoxy) is 1. The van der Waals surface area contributed by atoms with Crippen molar-refractivity contribution in [1.29, 1.82) is 0 Å². The molecule has 3 aromatic rings. The van der Waals surface area contributed by atoms with Gasteiger partial charge in [-0.25, -0.2) is 4.98 Å². The number of H-pyrrole nitrogens is 1. The van der Waals surface area contributed by atoms with E-state index >= 15 is 0 Å². The minimum absolute atomic E-state index is 0.127. The standard InChI is InChI=1S/C15H13N5O3S2/c1-9-13(24-7-16-9)2-3-23-12-5-10(4-11(6-12)20-22)14(21)18-15-19-17-8-25-15/h4-8H,2-3H2,1H3,(H,18,19,21)/p+1. The summed E-state index contributed by atoms with van der Waals surface area (Å²) in [6, 6.07) is 4.47. The van der Waals surface area contributed by atoms with Crippen molar-refractivity contribution in [2.45, 2.75) is 13.3 Å². The molecule has 0 aliphatic heterocycles. The van der Waals surface area contributed by atoms with Crippen LogP contribution in [0.15, 0.2) is 34.4 Å². The first kappa shape index (κ1) is 17.1. The molecule has 0 bridgehead atoms. The van der Waals surface area contributed by atoms with Crippen LogP contribution in [0.5, 0.6) is 5.75 Å². The van der Waals surface area contributed by atoms with Gasteiger partial charge in [-0.2, -0.15) is 0 Å². The van der Waals surface area contributed by atoms with Gasteiger partial charge in [0.05, 0.1) is 17.8 Å². The van der Waals surface area contributed by atoms with Gasteiger partial charge in [0.1, 0.15) is 11.4 Å². The van der Waals surface area contributed by atoms with Crippen LogP contribution in [-0.4, -0.2) is 22.6 Å². The molecule has 2 heterocycles. The van der Waals surface area contributed by atoms with Crippen molar-refractivity contribution in [2.75, 3.05) is 11.9 Å². The second kappa shape index (κ2) is 7.90. The number of thiazole rings is 1. The molecule has 0 saturated heterocycles. The Balaban J connectivity index is 1.69. The van der Waals surface area contributed by atoms with Crippen LogP contribution < -0.4 is 15.2 Å². The van der Waals surface area contributed by atoms with E-state index in [2.05, 4.69) is 25.7 Å². The number of nitroso groups, excluding NO2 is 1. The fourth-order valence-electron chi connectivity index (χ4n) is 2.10. The molecule has 2 N–H and O–H groups in total. The number of aryl methyl sites for hydroxylation is 1. The van der Waals surface area contributed by atoms with Crippen molar-refractivity contribution in [3.8, 4) is 5.75 Å². The topological polar surface area (TPSA) is 108 Å². The summed E-state index contributed by atoms with van der Waals surface area (Å²) in [6.07, 6.45) is 0.700. The highest BCUT2D eigenvalue weighted by Crippen LogP contribution is 2.24. The van der Waals surface area contributed by atoms with E-state index < -0.39 is 5.91 Å². The zero-order valence-electron chi connectivity index (χ0n) is 13.2. The molecule has 0 aliphatic rings. The number of nitrogens with zero attached hydrogens (tertiary/aromatic N) is 3. The zero-order valence-corrected chi connectivity index (χ0v) is 14.8. The van der Waals surface area contributed by atoms with Gasteiger partial charge in [0.2, 0.25) is 0 Å². The van der Waals surface area contributed by atoms with Gasteiger partial charge in [0, 0.05) is 28.0 Å². The molecular formula is C15H14N5O3S2+. The summed E-state index contributed by atoms with van der Waals surface area (Å²) in [6.45, 7) is 2.36. The smallest absolute Gasteiger partial charge is 0.261 e. The SMILES string of the molecule is Cc1ncsc1CCOc1cc(N=O)cc(C(=O)Nc2n[nH+]cs2)c1. The number of carbonyl (C=O) groups excluding carboxylic acids is 1. The Bertz CT molecular complexity index is 879.